The monoisotopic (exact) mass is 339 g/mol. The second-order valence-electron chi connectivity index (χ2n) is 5.41. The van der Waals surface area contributed by atoms with Gasteiger partial charge in [-0.25, -0.2) is 13.4 Å². The predicted octanol–water partition coefficient (Wildman–Crippen LogP) is 1.30. The molecule has 0 radical (unpaired) electrons. The predicted molar refractivity (Wildman–Crippen MR) is 86.6 cm³/mol. The van der Waals surface area contributed by atoms with Gasteiger partial charge in [-0.05, 0) is 18.6 Å². The number of aromatic amines is 1. The third-order valence-electron chi connectivity index (χ3n) is 3.85. The van der Waals surface area contributed by atoms with Gasteiger partial charge in [-0.1, -0.05) is 23.9 Å². The van der Waals surface area contributed by atoms with E-state index in [0.717, 1.165) is 11.0 Å². The zero-order valence-corrected chi connectivity index (χ0v) is 13.8. The number of sulfone groups is 1. The summed E-state index contributed by atoms with van der Waals surface area (Å²) < 4.78 is 23.0. The maximum atomic E-state index is 12.2. The lowest BCUT2D eigenvalue weighted by Gasteiger charge is -2.22. The molecule has 1 aromatic carbocycles. The molecule has 2 heterocycles. The van der Waals surface area contributed by atoms with Gasteiger partial charge >= 0.3 is 0 Å². The highest BCUT2D eigenvalue weighted by molar-refractivity contribution is 7.99. The van der Waals surface area contributed by atoms with E-state index in [9.17, 15) is 13.2 Å². The van der Waals surface area contributed by atoms with Crippen LogP contribution >= 0.6 is 11.8 Å². The van der Waals surface area contributed by atoms with Gasteiger partial charge in [0.2, 0.25) is 5.91 Å². The Morgan fingerprint density at radius 2 is 2.23 bits per heavy atom. The molecule has 1 unspecified atom stereocenters. The number of nitrogens with one attached hydrogen (secondary N) is 1. The van der Waals surface area contributed by atoms with E-state index in [4.69, 9.17) is 0 Å². The van der Waals surface area contributed by atoms with E-state index in [2.05, 4.69) is 9.97 Å². The zero-order chi connectivity index (χ0) is 15.7. The van der Waals surface area contributed by atoms with Gasteiger partial charge in [0.25, 0.3) is 0 Å². The Hall–Kier alpha value is -1.54. The Labute approximate surface area is 133 Å². The molecule has 1 aliphatic rings. The summed E-state index contributed by atoms with van der Waals surface area (Å²) in [5.74, 6) is 0.413. The van der Waals surface area contributed by atoms with Crippen LogP contribution in [0.15, 0.2) is 29.4 Å². The third kappa shape index (κ3) is 3.27. The molecule has 1 fully saturated rings. The smallest absolute Gasteiger partial charge is 0.233 e. The first-order valence-electron chi connectivity index (χ1n) is 6.98. The highest BCUT2D eigenvalue weighted by atomic mass is 32.2. The van der Waals surface area contributed by atoms with Crippen molar-refractivity contribution in [1.82, 2.24) is 14.9 Å². The molecule has 0 bridgehead atoms. The van der Waals surface area contributed by atoms with Crippen LogP contribution in [0.4, 0.5) is 0 Å². The van der Waals surface area contributed by atoms with Crippen LogP contribution in [0.3, 0.4) is 0 Å². The van der Waals surface area contributed by atoms with Gasteiger partial charge < -0.3 is 9.88 Å². The van der Waals surface area contributed by atoms with Gasteiger partial charge in [0.1, 0.15) is 0 Å². The van der Waals surface area contributed by atoms with Crippen molar-refractivity contribution in [3.05, 3.63) is 24.3 Å². The van der Waals surface area contributed by atoms with Crippen molar-refractivity contribution in [1.29, 1.82) is 0 Å². The van der Waals surface area contributed by atoms with E-state index >= 15 is 0 Å². The first kappa shape index (κ1) is 15.4. The fraction of sp³-hybridized carbons (Fsp3) is 0.429. The minimum absolute atomic E-state index is 0.0740. The molecule has 1 atom stereocenters. The Kier molecular flexibility index (Phi) is 4.14. The Morgan fingerprint density at radius 1 is 1.45 bits per heavy atom. The topological polar surface area (TPSA) is 83.1 Å². The molecule has 0 aliphatic carbocycles. The number of carbonyl (C=O) groups excluding carboxylic acids is 1. The van der Waals surface area contributed by atoms with Crippen LogP contribution in [0.5, 0.6) is 0 Å². The fourth-order valence-corrected chi connectivity index (χ4v) is 5.10. The fourth-order valence-electron chi connectivity index (χ4n) is 2.51. The second kappa shape index (κ2) is 5.92. The quantitative estimate of drug-likeness (QED) is 0.849. The number of hydrogen-bond acceptors (Lipinski definition) is 5. The Bertz CT molecular complexity index is 768. The lowest BCUT2D eigenvalue weighted by Crippen LogP contribution is -2.38. The van der Waals surface area contributed by atoms with E-state index in [1.807, 2.05) is 24.3 Å². The molecule has 1 aliphatic heterocycles. The Morgan fingerprint density at radius 3 is 2.91 bits per heavy atom. The molecule has 8 heteroatoms. The molecule has 1 amide bonds. The standard InChI is InChI=1S/C14H17N3O3S2/c1-17(10-6-7-22(19,20)9-10)13(18)8-21-14-15-11-4-2-3-5-12(11)16-14/h2-5,10H,6-9H2,1H3,(H,15,16). The van der Waals surface area contributed by atoms with Gasteiger partial charge in [-0.15, -0.1) is 0 Å². The number of thioether (sulfide) groups is 1. The molecule has 1 saturated heterocycles. The average molecular weight is 339 g/mol. The summed E-state index contributed by atoms with van der Waals surface area (Å²) in [5.41, 5.74) is 1.81. The number of aromatic nitrogens is 2. The second-order valence-corrected chi connectivity index (χ2v) is 8.60. The number of benzene rings is 1. The lowest BCUT2D eigenvalue weighted by molar-refractivity contribution is -0.128. The SMILES string of the molecule is CN(C(=O)CSc1nc2ccccc2[nH]1)C1CCS(=O)(=O)C1. The minimum atomic E-state index is -2.98. The number of carbonyl (C=O) groups is 1. The summed E-state index contributed by atoms with van der Waals surface area (Å²) in [6, 6.07) is 7.48. The van der Waals surface area contributed by atoms with Crippen LogP contribution in [0.2, 0.25) is 0 Å². The van der Waals surface area contributed by atoms with E-state index in [1.54, 1.807) is 11.9 Å². The van der Waals surface area contributed by atoms with Crippen molar-refractivity contribution in [2.75, 3.05) is 24.3 Å². The van der Waals surface area contributed by atoms with Gasteiger partial charge in [-0.2, -0.15) is 0 Å². The summed E-state index contributed by atoms with van der Waals surface area (Å²) >= 11 is 1.33. The summed E-state index contributed by atoms with van der Waals surface area (Å²) in [7, 11) is -1.30. The molecule has 22 heavy (non-hydrogen) atoms. The summed E-state index contributed by atoms with van der Waals surface area (Å²) in [6.07, 6.45) is 0.528. The molecule has 118 valence electrons. The molecule has 3 rings (SSSR count). The Balaban J connectivity index is 1.60. The van der Waals surface area contributed by atoms with Crippen molar-refractivity contribution >= 4 is 38.5 Å². The molecule has 1 N–H and O–H groups in total. The highest BCUT2D eigenvalue weighted by Gasteiger charge is 2.32. The van der Waals surface area contributed by atoms with Gasteiger partial charge in [-0.3, -0.25) is 4.79 Å². The van der Waals surface area contributed by atoms with Crippen molar-refractivity contribution in [2.24, 2.45) is 0 Å². The largest absolute Gasteiger partial charge is 0.341 e. The van der Waals surface area contributed by atoms with Crippen molar-refractivity contribution in [3.8, 4) is 0 Å². The molecule has 2 aromatic rings. The molecular weight excluding hydrogens is 322 g/mol. The van der Waals surface area contributed by atoms with E-state index in [0.29, 0.717) is 11.6 Å². The number of para-hydroxylation sites is 2. The van der Waals surface area contributed by atoms with Crippen molar-refractivity contribution < 1.29 is 13.2 Å². The van der Waals surface area contributed by atoms with Gasteiger partial charge in [0.15, 0.2) is 15.0 Å². The minimum Gasteiger partial charge on any atom is -0.341 e. The number of hydrogen-bond donors (Lipinski definition) is 1. The number of imidazole rings is 1. The lowest BCUT2D eigenvalue weighted by atomic mass is 10.2. The summed E-state index contributed by atoms with van der Waals surface area (Å²) in [5, 5.41) is 0.696. The van der Waals surface area contributed by atoms with Gasteiger partial charge in [0.05, 0.1) is 28.3 Å². The normalized spacial score (nSPS) is 20.3. The number of H-pyrrole nitrogens is 1. The molecule has 1 aromatic heterocycles. The molecule has 6 nitrogen and oxygen atoms in total. The summed E-state index contributed by atoms with van der Waals surface area (Å²) in [4.78, 5) is 21.3. The van der Waals surface area contributed by atoms with Crippen LogP contribution in [0.1, 0.15) is 6.42 Å². The maximum Gasteiger partial charge on any atom is 0.233 e. The van der Waals surface area contributed by atoms with Crippen LogP contribution in [0.25, 0.3) is 11.0 Å². The van der Waals surface area contributed by atoms with Crippen LogP contribution in [-0.4, -0.2) is 59.5 Å². The van der Waals surface area contributed by atoms with Crippen LogP contribution < -0.4 is 0 Å². The average Bonchev–Trinajstić information content (AvgIpc) is 3.06. The molecular formula is C14H17N3O3S2. The maximum absolute atomic E-state index is 12.2. The molecule has 0 saturated carbocycles. The number of amides is 1. The van der Waals surface area contributed by atoms with Crippen molar-refractivity contribution in [3.63, 3.8) is 0 Å². The third-order valence-corrected chi connectivity index (χ3v) is 6.46. The summed E-state index contributed by atoms with van der Waals surface area (Å²) in [6.45, 7) is 0. The van der Waals surface area contributed by atoms with Crippen LogP contribution in [-0.2, 0) is 14.6 Å². The van der Waals surface area contributed by atoms with Crippen molar-refractivity contribution in [2.45, 2.75) is 17.6 Å². The van der Waals surface area contributed by atoms with E-state index in [-0.39, 0.29) is 29.2 Å². The number of fused-ring (bicyclic) bond motifs is 1. The first-order chi connectivity index (χ1) is 10.4. The number of rotatable bonds is 4. The van der Waals surface area contributed by atoms with Crippen LogP contribution in [0, 0.1) is 0 Å². The van der Waals surface area contributed by atoms with E-state index in [1.165, 1.54) is 11.8 Å². The number of nitrogens with zero attached hydrogens (tertiary/aromatic N) is 2. The first-order valence-corrected chi connectivity index (χ1v) is 9.79. The zero-order valence-electron chi connectivity index (χ0n) is 12.2. The van der Waals surface area contributed by atoms with Gasteiger partial charge in [0, 0.05) is 13.1 Å². The molecule has 0 spiro atoms. The highest BCUT2D eigenvalue weighted by Crippen LogP contribution is 2.21. The van der Waals surface area contributed by atoms with E-state index < -0.39 is 9.84 Å².